The number of imidazole rings is 3. The molecule has 9 aromatic rings. The summed E-state index contributed by atoms with van der Waals surface area (Å²) in [5.74, 6) is 17.1. The van der Waals surface area contributed by atoms with Crippen LogP contribution in [0.4, 0.5) is 0 Å². The number of fused-ring (bicyclic) bond motifs is 3. The third-order valence-corrected chi connectivity index (χ3v) is 23.4. The second-order valence-corrected chi connectivity index (χ2v) is 43.4. The van der Waals surface area contributed by atoms with E-state index in [9.17, 15) is 28.8 Å². The van der Waals surface area contributed by atoms with E-state index in [2.05, 4.69) is 145 Å². The summed E-state index contributed by atoms with van der Waals surface area (Å²) in [6.45, 7) is 47.8. The van der Waals surface area contributed by atoms with E-state index in [0.29, 0.717) is 148 Å². The Balaban J connectivity index is 0.000000207. The van der Waals surface area contributed by atoms with Crippen LogP contribution in [-0.4, -0.2) is 259 Å². The Bertz CT molecular complexity index is 5210. The van der Waals surface area contributed by atoms with E-state index in [-0.39, 0.29) is 47.2 Å². The van der Waals surface area contributed by atoms with Gasteiger partial charge in [0.1, 0.15) is 62.9 Å². The average Bonchev–Trinajstić information content (AvgIpc) is 1.58. The van der Waals surface area contributed by atoms with Crippen molar-refractivity contribution < 1.29 is 14.3 Å². The molecule has 0 spiro atoms. The molecule has 12 rings (SSSR count). The number of likely N-dealkylation sites (N-methyl/N-ethyl adjacent to an activating group) is 3. The van der Waals surface area contributed by atoms with Crippen molar-refractivity contribution in [3.8, 4) is 70.2 Å². The van der Waals surface area contributed by atoms with Gasteiger partial charge < -0.3 is 39.3 Å². The second-order valence-electron chi connectivity index (χ2n) is 32.1. The van der Waals surface area contributed by atoms with E-state index in [1.807, 2.05) is 65.3 Å². The summed E-state index contributed by atoms with van der Waals surface area (Å²) in [5.41, 5.74) is 2.60. The Hall–Kier alpha value is -9.46. The number of aryl methyl sites for hydroxylation is 3. The van der Waals surface area contributed by atoms with E-state index < -0.39 is 16.1 Å². The van der Waals surface area contributed by atoms with Gasteiger partial charge >= 0.3 is 17.1 Å². The van der Waals surface area contributed by atoms with Crippen LogP contribution in [0.2, 0.25) is 51.4 Å². The fraction of sp³-hybridized carbons (Fsp3) is 0.617. The van der Waals surface area contributed by atoms with Gasteiger partial charge in [0.15, 0.2) is 28.0 Å². The molecule has 33 nitrogen and oxygen atoms in total. The fourth-order valence-corrected chi connectivity index (χ4v) is 14.9. The summed E-state index contributed by atoms with van der Waals surface area (Å²) in [6.07, 6.45) is 20.4. The number of nitrogens with one attached hydrogen (secondary N) is 2. The first-order chi connectivity index (χ1) is 55.7. The monoisotopic (exact) mass is 1630 g/mol. The number of H-pyrrole nitrogens is 1. The topological polar surface area (TPSA) is 314 Å². The highest BCUT2D eigenvalue weighted by molar-refractivity contribution is 6.76. The molecule has 12 heterocycles. The molecule has 0 atom stereocenters. The molecule has 3 aliphatic rings. The first kappa shape index (κ1) is 92.1. The van der Waals surface area contributed by atoms with Gasteiger partial charge in [0.25, 0.3) is 16.7 Å². The maximum Gasteiger partial charge on any atom is 0.332 e. The summed E-state index contributed by atoms with van der Waals surface area (Å²) in [6, 6.07) is 2.02. The molecular weight excluding hydrogens is 1510 g/mol. The first-order valence-electron chi connectivity index (χ1n) is 41.0. The van der Waals surface area contributed by atoms with Gasteiger partial charge in [0.05, 0.1) is 48.4 Å². The minimum atomic E-state index is -1.29. The summed E-state index contributed by atoms with van der Waals surface area (Å²) in [4.78, 5) is 116. The largest absolute Gasteiger partial charge is 0.361 e. The number of nitrogens with zero attached hydrogens (tertiary/aromatic N) is 22. The van der Waals surface area contributed by atoms with Crippen molar-refractivity contribution in [1.29, 1.82) is 0 Å². The zero-order valence-electron chi connectivity index (χ0n) is 71.5. The van der Waals surface area contributed by atoms with E-state index in [1.54, 1.807) is 57.1 Å². The van der Waals surface area contributed by atoms with Crippen LogP contribution >= 0.6 is 0 Å². The zero-order chi connectivity index (χ0) is 84.2. The highest BCUT2D eigenvalue weighted by atomic mass is 28.3. The number of aromatic amines is 1. The summed E-state index contributed by atoms with van der Waals surface area (Å²) < 4.78 is 29.7. The van der Waals surface area contributed by atoms with Gasteiger partial charge in [-0.05, 0) is 71.8 Å². The van der Waals surface area contributed by atoms with Crippen LogP contribution in [0.1, 0.15) is 80.1 Å². The third kappa shape index (κ3) is 24.8. The lowest BCUT2D eigenvalue weighted by Crippen LogP contribution is -2.44. The summed E-state index contributed by atoms with van der Waals surface area (Å²) in [7, 11) is 3.89. The average molecular weight is 1640 g/mol. The number of hydrogen-bond acceptors (Lipinski definition) is 21. The van der Waals surface area contributed by atoms with Crippen molar-refractivity contribution in [2.45, 2.75) is 204 Å². The molecular formula is C81H126N24O9Si2. The molecule has 3 saturated heterocycles. The molecule has 9 aromatic heterocycles. The number of rotatable bonds is 30. The van der Waals surface area contributed by atoms with Crippen molar-refractivity contribution in [2.75, 3.05) is 126 Å². The lowest BCUT2D eigenvalue weighted by Gasteiger charge is -2.30. The Morgan fingerprint density at radius 1 is 0.431 bits per heavy atom. The molecule has 2 N–H and O–H groups in total. The lowest BCUT2D eigenvalue weighted by atomic mass is 10.3. The SMILES string of the molecule is C#CCn1cc(-c2nc3c(c(=O)n(CCC)c(=O)n3CCC)n2COCC[Si](C)(C)C)cn1.C=O.CCCn1c(=O)c2[nH]c(-c3cnn(CC#CCN4CCN(C)CC4)c3)nc2n(CCC)c1=O.CCCn1c(=O)c2c(nc(-c3cnn(CC#CCN4CCN(C)CC4)c3)n2COCC[Si](C)(C)C)n(CCC)c1=O.CN1CCNCC1. The normalized spacial score (nSPS) is 14.5. The molecule has 116 heavy (non-hydrogen) atoms. The van der Waals surface area contributed by atoms with E-state index >= 15 is 0 Å². The minimum absolute atomic E-state index is 0.169. The number of aromatic nitrogens is 18. The Morgan fingerprint density at radius 2 is 0.776 bits per heavy atom. The highest BCUT2D eigenvalue weighted by Gasteiger charge is 2.27. The second kappa shape index (κ2) is 44.8. The summed E-state index contributed by atoms with van der Waals surface area (Å²) in [5, 5.41) is 16.5. The Kier molecular flexibility index (Phi) is 35.5. The van der Waals surface area contributed by atoms with Gasteiger partial charge in [-0.1, -0.05) is 110 Å². The molecule has 0 radical (unpaired) electrons. The quantitative estimate of drug-likeness (QED) is 0.0307. The minimum Gasteiger partial charge on any atom is -0.361 e. The van der Waals surface area contributed by atoms with Crippen molar-refractivity contribution >= 4 is 56.4 Å². The lowest BCUT2D eigenvalue weighted by molar-refractivity contribution is -0.0980. The molecule has 0 saturated carbocycles. The number of carbonyl (C=O) groups is 1. The van der Waals surface area contributed by atoms with Crippen LogP contribution in [0, 0.1) is 36.0 Å². The van der Waals surface area contributed by atoms with Gasteiger partial charge in [-0.3, -0.25) is 74.8 Å². The van der Waals surface area contributed by atoms with E-state index in [1.165, 1.54) is 26.8 Å². The van der Waals surface area contributed by atoms with Gasteiger partial charge in [-0.2, -0.15) is 15.3 Å². The molecule has 632 valence electrons. The highest BCUT2D eigenvalue weighted by Crippen LogP contribution is 2.26. The van der Waals surface area contributed by atoms with Gasteiger partial charge in [0.2, 0.25) is 0 Å². The van der Waals surface area contributed by atoms with Crippen LogP contribution in [0.15, 0.2) is 65.9 Å². The van der Waals surface area contributed by atoms with Crippen molar-refractivity contribution in [3.05, 3.63) is 99.7 Å². The first-order valence-corrected chi connectivity index (χ1v) is 48.5. The smallest absolute Gasteiger partial charge is 0.332 e. The van der Waals surface area contributed by atoms with Crippen LogP contribution < -0.4 is 39.1 Å². The van der Waals surface area contributed by atoms with Gasteiger partial charge in [-0.15, -0.1) is 6.42 Å². The third-order valence-electron chi connectivity index (χ3n) is 20.0. The van der Waals surface area contributed by atoms with Crippen LogP contribution in [0.25, 0.3) is 67.7 Å². The van der Waals surface area contributed by atoms with Crippen molar-refractivity contribution in [2.24, 2.45) is 0 Å². The van der Waals surface area contributed by atoms with E-state index in [0.717, 1.165) is 121 Å². The zero-order valence-corrected chi connectivity index (χ0v) is 73.5. The number of terminal acetylenes is 1. The number of piperazine rings is 3. The summed E-state index contributed by atoms with van der Waals surface area (Å²) >= 11 is 0. The van der Waals surface area contributed by atoms with Crippen LogP contribution in [-0.2, 0) is 86.6 Å². The van der Waals surface area contributed by atoms with Crippen molar-refractivity contribution in [3.63, 3.8) is 0 Å². The molecule has 0 bridgehead atoms. The predicted octanol–water partition coefficient (Wildman–Crippen LogP) is 5.75. The van der Waals surface area contributed by atoms with Gasteiger partial charge in [0, 0.05) is 166 Å². The van der Waals surface area contributed by atoms with Crippen molar-refractivity contribution in [1.82, 2.24) is 116 Å². The molecule has 35 heteroatoms. The molecule has 3 fully saturated rings. The molecule has 0 aromatic carbocycles. The van der Waals surface area contributed by atoms with Gasteiger partial charge in [-0.25, -0.2) is 29.3 Å². The number of carbonyl (C=O) groups excluding carboxylic acids is 1. The molecule has 0 unspecified atom stereocenters. The van der Waals surface area contributed by atoms with Crippen LogP contribution in [0.3, 0.4) is 0 Å². The maximum atomic E-state index is 13.7. The molecule has 0 amide bonds. The Morgan fingerprint density at radius 3 is 1.15 bits per heavy atom. The number of hydrogen-bond donors (Lipinski definition) is 2. The number of ether oxygens (including phenoxy) is 2. The predicted molar refractivity (Wildman–Crippen MR) is 464 cm³/mol. The fourth-order valence-electron chi connectivity index (χ4n) is 13.4. The molecule has 3 aliphatic heterocycles. The standard InChI is InChI=1S/C29H46N8O3Si.C23H32N8O2.C23H34N6O3Si.C5H12N2.CH2O/c1-7-11-35-27-25(28(38)36(12-8-2)29(35)39)37(23-40-19-20-41(4,5)6)26(31-27)24-21-30-34(22-24)14-10-9-13-33-17-15-32(3)16-18-33;1-4-8-30-21-19(22(32)31(9-5-2)23(30)33)25-20(26-21)18-16-24-29(17-18)11-7-6-10-28-14-12-27(3)13-15-28;1-7-10-26-16-18(15-24-26)20-25-21-19(29(20)17-32-13-14-33(4,5)6)22(30)28(12-9-3)23(31)27(21)11-8-2;1-7-4-2-6-3-5-7;1-2/h21-22H,7-8,11-20,23H2,1-6H3;16-17H,4-5,8-15H2,1-3H3,(H,25,26);1,15-16H,8-14,17H2,2-6H3;6H,2-5H2,1H3;1H2. The molecule has 0 aliphatic carbocycles. The Labute approximate surface area is 682 Å². The van der Waals surface area contributed by atoms with Crippen LogP contribution in [0.5, 0.6) is 0 Å². The maximum absolute atomic E-state index is 13.7. The van der Waals surface area contributed by atoms with E-state index in [4.69, 9.17) is 30.7 Å².